The Labute approximate surface area is 173 Å². The van der Waals surface area contributed by atoms with Crippen molar-refractivity contribution in [1.29, 1.82) is 0 Å². The summed E-state index contributed by atoms with van der Waals surface area (Å²) in [7, 11) is 0. The first-order valence-electron chi connectivity index (χ1n) is 9.68. The Bertz CT molecular complexity index is 1030. The summed E-state index contributed by atoms with van der Waals surface area (Å²) in [6, 6.07) is 3.77. The van der Waals surface area contributed by atoms with Gasteiger partial charge in [-0.2, -0.15) is 5.10 Å². The van der Waals surface area contributed by atoms with E-state index in [1.807, 2.05) is 13.0 Å². The van der Waals surface area contributed by atoms with Crippen LogP contribution in [0.5, 0.6) is 0 Å². The van der Waals surface area contributed by atoms with Crippen LogP contribution in [-0.2, 0) is 17.8 Å². The van der Waals surface area contributed by atoms with Gasteiger partial charge < -0.3 is 15.4 Å². The van der Waals surface area contributed by atoms with E-state index in [4.69, 9.17) is 22.1 Å². The highest BCUT2D eigenvalue weighted by molar-refractivity contribution is 6.31. The smallest absolute Gasteiger partial charge is 0.252 e. The number of rotatable bonds is 6. The number of carbonyl (C=O) groups excluding carboxylic acids is 1. The van der Waals surface area contributed by atoms with Crippen LogP contribution in [0.4, 0.5) is 5.69 Å². The predicted octanol–water partition coefficient (Wildman–Crippen LogP) is 2.78. The van der Waals surface area contributed by atoms with Gasteiger partial charge in [0, 0.05) is 38.2 Å². The van der Waals surface area contributed by atoms with Gasteiger partial charge >= 0.3 is 0 Å². The second-order valence-electron chi connectivity index (χ2n) is 6.99. The Balaban J connectivity index is 1.90. The number of fused-ring (bicyclic) bond motifs is 1. The zero-order valence-electron chi connectivity index (χ0n) is 16.2. The summed E-state index contributed by atoms with van der Waals surface area (Å²) in [6.07, 6.45) is 6.67. The lowest BCUT2D eigenvalue weighted by molar-refractivity contribution is 0.0840. The lowest BCUT2D eigenvalue weighted by Crippen LogP contribution is -2.40. The van der Waals surface area contributed by atoms with E-state index in [1.54, 1.807) is 29.3 Å². The number of halogens is 1. The molecule has 2 N–H and O–H groups in total. The molecule has 4 heterocycles. The fourth-order valence-electron chi connectivity index (χ4n) is 3.82. The molecule has 0 spiro atoms. The molecule has 9 heteroatoms. The van der Waals surface area contributed by atoms with E-state index >= 15 is 0 Å². The van der Waals surface area contributed by atoms with Gasteiger partial charge in [-0.15, -0.1) is 0 Å². The molecule has 152 valence electrons. The molecular weight excluding hydrogens is 392 g/mol. The number of nitrogens with two attached hydrogens (primary N) is 1. The van der Waals surface area contributed by atoms with E-state index in [0.29, 0.717) is 36.9 Å². The van der Waals surface area contributed by atoms with Gasteiger partial charge in [0.25, 0.3) is 5.91 Å². The fourth-order valence-corrected chi connectivity index (χ4v) is 4.00. The van der Waals surface area contributed by atoms with Crippen molar-refractivity contribution < 1.29 is 9.53 Å². The van der Waals surface area contributed by atoms with Crippen LogP contribution in [-0.4, -0.2) is 44.9 Å². The Hall–Kier alpha value is -2.71. The molecule has 1 fully saturated rings. The van der Waals surface area contributed by atoms with E-state index in [9.17, 15) is 4.79 Å². The molecule has 0 aromatic carbocycles. The number of primary amides is 1. The number of anilines is 1. The first kappa shape index (κ1) is 19.6. The number of pyridine rings is 2. The summed E-state index contributed by atoms with van der Waals surface area (Å²) < 4.78 is 7.36. The molecule has 8 nitrogen and oxygen atoms in total. The number of hydrogen-bond donors (Lipinski definition) is 1. The molecule has 0 unspecified atom stereocenters. The average molecular weight is 415 g/mol. The predicted molar refractivity (Wildman–Crippen MR) is 111 cm³/mol. The lowest BCUT2D eigenvalue weighted by atomic mass is 10.0. The summed E-state index contributed by atoms with van der Waals surface area (Å²) in [5, 5.41) is 5.81. The van der Waals surface area contributed by atoms with Crippen molar-refractivity contribution in [1.82, 2.24) is 19.7 Å². The molecule has 1 saturated heterocycles. The Morgan fingerprint density at radius 2 is 2.14 bits per heavy atom. The van der Waals surface area contributed by atoms with Crippen molar-refractivity contribution in [2.75, 3.05) is 18.1 Å². The summed E-state index contributed by atoms with van der Waals surface area (Å²) in [5.74, 6) is -0.525. The molecule has 1 aliphatic rings. The van der Waals surface area contributed by atoms with E-state index in [1.165, 1.54) is 0 Å². The number of amides is 1. The maximum atomic E-state index is 12.3. The SMILES string of the molecule is CCn1ncc2c(N(Cc3ncccc3Cl)C3CCOCC3)c(C(N)=O)cnc21. The van der Waals surface area contributed by atoms with Crippen molar-refractivity contribution in [3.05, 3.63) is 47.0 Å². The van der Waals surface area contributed by atoms with Crippen molar-refractivity contribution in [3.63, 3.8) is 0 Å². The molecule has 29 heavy (non-hydrogen) atoms. The second-order valence-corrected chi connectivity index (χ2v) is 7.39. The Morgan fingerprint density at radius 3 is 2.83 bits per heavy atom. The minimum Gasteiger partial charge on any atom is -0.381 e. The van der Waals surface area contributed by atoms with Gasteiger partial charge in [-0.25, -0.2) is 9.67 Å². The first-order valence-corrected chi connectivity index (χ1v) is 10.1. The Kier molecular flexibility index (Phi) is 5.64. The monoisotopic (exact) mass is 414 g/mol. The molecule has 0 bridgehead atoms. The van der Waals surface area contributed by atoms with Crippen LogP contribution in [0.1, 0.15) is 35.8 Å². The summed E-state index contributed by atoms with van der Waals surface area (Å²) in [5.41, 5.74) is 8.29. The summed E-state index contributed by atoms with van der Waals surface area (Å²) in [6.45, 7) is 4.44. The molecular formula is C20H23ClN6O2. The maximum absolute atomic E-state index is 12.3. The van der Waals surface area contributed by atoms with Crippen molar-refractivity contribution in [2.24, 2.45) is 5.73 Å². The van der Waals surface area contributed by atoms with Gasteiger partial charge in [0.2, 0.25) is 0 Å². The fraction of sp³-hybridized carbons (Fsp3) is 0.400. The van der Waals surface area contributed by atoms with Crippen LogP contribution in [0.2, 0.25) is 5.02 Å². The molecule has 1 amide bonds. The van der Waals surface area contributed by atoms with Crippen LogP contribution in [0, 0.1) is 0 Å². The molecule has 0 radical (unpaired) electrons. The summed E-state index contributed by atoms with van der Waals surface area (Å²) in [4.78, 5) is 23.4. The molecule has 1 aliphatic heterocycles. The number of aryl methyl sites for hydroxylation is 1. The molecule has 3 aromatic rings. The van der Waals surface area contributed by atoms with Crippen molar-refractivity contribution >= 4 is 34.2 Å². The molecule has 0 saturated carbocycles. The maximum Gasteiger partial charge on any atom is 0.252 e. The molecule has 0 aliphatic carbocycles. The first-order chi connectivity index (χ1) is 14.1. The number of hydrogen-bond acceptors (Lipinski definition) is 6. The van der Waals surface area contributed by atoms with Gasteiger partial charge in [0.1, 0.15) is 0 Å². The quantitative estimate of drug-likeness (QED) is 0.665. The highest BCUT2D eigenvalue weighted by Gasteiger charge is 2.29. The van der Waals surface area contributed by atoms with Crippen molar-refractivity contribution in [2.45, 2.75) is 38.9 Å². The van der Waals surface area contributed by atoms with Crippen LogP contribution in [0.15, 0.2) is 30.7 Å². The zero-order valence-corrected chi connectivity index (χ0v) is 17.0. The molecule has 4 rings (SSSR count). The third kappa shape index (κ3) is 3.77. The molecule has 0 atom stereocenters. The minimum absolute atomic E-state index is 0.149. The Morgan fingerprint density at radius 1 is 1.34 bits per heavy atom. The van der Waals surface area contributed by atoms with Gasteiger partial charge in [-0.05, 0) is 31.9 Å². The van der Waals surface area contributed by atoms with Crippen LogP contribution >= 0.6 is 11.6 Å². The van der Waals surface area contributed by atoms with Crippen LogP contribution in [0.3, 0.4) is 0 Å². The van der Waals surface area contributed by atoms with E-state index in [-0.39, 0.29) is 6.04 Å². The second kappa shape index (κ2) is 8.34. The van der Waals surface area contributed by atoms with Gasteiger partial charge in [0.05, 0.1) is 40.1 Å². The zero-order chi connectivity index (χ0) is 20.4. The third-order valence-electron chi connectivity index (χ3n) is 5.28. The normalized spacial score (nSPS) is 15.0. The minimum atomic E-state index is -0.525. The van der Waals surface area contributed by atoms with E-state index in [0.717, 1.165) is 35.3 Å². The number of carbonyl (C=O) groups is 1. The van der Waals surface area contributed by atoms with Crippen LogP contribution < -0.4 is 10.6 Å². The summed E-state index contributed by atoms with van der Waals surface area (Å²) >= 11 is 6.41. The van der Waals surface area contributed by atoms with Gasteiger partial charge in [-0.3, -0.25) is 9.78 Å². The number of aromatic nitrogens is 4. The van der Waals surface area contributed by atoms with Gasteiger partial charge in [-0.1, -0.05) is 11.6 Å². The lowest BCUT2D eigenvalue weighted by Gasteiger charge is -2.37. The molecule has 3 aromatic heterocycles. The van der Waals surface area contributed by atoms with E-state index < -0.39 is 5.91 Å². The van der Waals surface area contributed by atoms with Gasteiger partial charge in [0.15, 0.2) is 5.65 Å². The van der Waals surface area contributed by atoms with Crippen LogP contribution in [0.25, 0.3) is 11.0 Å². The van der Waals surface area contributed by atoms with E-state index in [2.05, 4.69) is 20.0 Å². The standard InChI is InChI=1S/C20H23ClN6O2/c1-2-27-20-15(11-25-27)18(14(10-24-20)19(22)28)26(13-5-8-29-9-6-13)12-17-16(21)4-3-7-23-17/h3-4,7,10-11,13H,2,5-6,8-9,12H2,1H3,(H2,22,28). The average Bonchev–Trinajstić information content (AvgIpc) is 3.16. The number of nitrogens with zero attached hydrogens (tertiary/aromatic N) is 5. The largest absolute Gasteiger partial charge is 0.381 e. The highest BCUT2D eigenvalue weighted by Crippen LogP contribution is 2.35. The highest BCUT2D eigenvalue weighted by atomic mass is 35.5. The number of ether oxygens (including phenoxy) is 1. The van der Waals surface area contributed by atoms with Crippen molar-refractivity contribution in [3.8, 4) is 0 Å². The topological polar surface area (TPSA) is 99.2 Å². The third-order valence-corrected chi connectivity index (χ3v) is 5.62.